The van der Waals surface area contributed by atoms with Gasteiger partial charge in [0, 0.05) is 17.4 Å². The van der Waals surface area contributed by atoms with Crippen LogP contribution in [0.5, 0.6) is 11.5 Å². The Balaban J connectivity index is 1.44. The number of anilines is 2. The van der Waals surface area contributed by atoms with Crippen molar-refractivity contribution < 1.29 is 23.9 Å². The monoisotopic (exact) mass is 426 g/mol. The fraction of sp³-hybridized carbons (Fsp3) is 0.318. The number of aryl methyl sites for hydroxylation is 2. The summed E-state index contributed by atoms with van der Waals surface area (Å²) in [5, 5.41) is 7.66. The van der Waals surface area contributed by atoms with Crippen molar-refractivity contribution in [2.45, 2.75) is 13.8 Å². The molecule has 0 saturated heterocycles. The number of fused-ring (bicyclic) bond motifs is 1. The van der Waals surface area contributed by atoms with Crippen molar-refractivity contribution in [3.8, 4) is 11.5 Å². The van der Waals surface area contributed by atoms with Crippen LogP contribution in [0.25, 0.3) is 0 Å². The largest absolute Gasteiger partial charge is 0.486 e. The average Bonchev–Trinajstić information content (AvgIpc) is 2.70. The summed E-state index contributed by atoms with van der Waals surface area (Å²) in [4.78, 5) is 38.0. The first-order valence-electron chi connectivity index (χ1n) is 9.86. The standard InChI is InChI=1S/C22H26N4O5/c1-14-4-5-15(2)17(10-14)24-20(27)12-26(3)13-21(28)25-22(29)23-16-6-7-18-19(11-16)31-9-8-30-18/h4-7,10-11H,8-9,12-13H2,1-3H3,(H,24,27)(H2,23,25,28,29). The Bertz CT molecular complexity index is 992. The molecule has 0 unspecified atom stereocenters. The highest BCUT2D eigenvalue weighted by Crippen LogP contribution is 2.32. The molecule has 0 aromatic heterocycles. The van der Waals surface area contributed by atoms with Gasteiger partial charge in [0.1, 0.15) is 13.2 Å². The number of imide groups is 1. The first-order valence-corrected chi connectivity index (χ1v) is 9.86. The molecule has 3 rings (SSSR count). The van der Waals surface area contributed by atoms with Crippen LogP contribution >= 0.6 is 0 Å². The lowest BCUT2D eigenvalue weighted by Gasteiger charge is -2.19. The van der Waals surface area contributed by atoms with Crippen LogP contribution in [0.3, 0.4) is 0 Å². The van der Waals surface area contributed by atoms with Crippen molar-refractivity contribution in [1.29, 1.82) is 0 Å². The highest BCUT2D eigenvalue weighted by Gasteiger charge is 2.16. The second-order valence-electron chi connectivity index (χ2n) is 7.40. The molecule has 0 aliphatic carbocycles. The summed E-state index contributed by atoms with van der Waals surface area (Å²) in [5.41, 5.74) is 3.20. The van der Waals surface area contributed by atoms with Crippen LogP contribution in [0.2, 0.25) is 0 Å². The quantitative estimate of drug-likeness (QED) is 0.654. The van der Waals surface area contributed by atoms with Gasteiger partial charge in [-0.05, 0) is 50.2 Å². The number of ether oxygens (including phenoxy) is 2. The number of carbonyl (C=O) groups excluding carboxylic acids is 3. The Hall–Kier alpha value is -3.59. The molecule has 2 aromatic carbocycles. The maximum absolute atomic E-state index is 12.3. The third-order valence-corrected chi connectivity index (χ3v) is 4.55. The van der Waals surface area contributed by atoms with E-state index in [0.717, 1.165) is 16.8 Å². The minimum atomic E-state index is -0.671. The highest BCUT2D eigenvalue weighted by molar-refractivity contribution is 6.02. The van der Waals surface area contributed by atoms with Crippen molar-refractivity contribution in [3.63, 3.8) is 0 Å². The molecule has 164 valence electrons. The lowest BCUT2D eigenvalue weighted by atomic mass is 10.1. The van der Waals surface area contributed by atoms with Crippen LogP contribution < -0.4 is 25.4 Å². The van der Waals surface area contributed by atoms with E-state index in [0.29, 0.717) is 30.4 Å². The molecule has 0 atom stereocenters. The maximum Gasteiger partial charge on any atom is 0.325 e. The smallest absolute Gasteiger partial charge is 0.325 e. The summed E-state index contributed by atoms with van der Waals surface area (Å²) in [6.07, 6.45) is 0. The zero-order valence-electron chi connectivity index (χ0n) is 17.8. The number of urea groups is 1. The lowest BCUT2D eigenvalue weighted by molar-refractivity contribution is -0.122. The van der Waals surface area contributed by atoms with E-state index < -0.39 is 11.9 Å². The summed E-state index contributed by atoms with van der Waals surface area (Å²) in [5.74, 6) is 0.362. The van der Waals surface area contributed by atoms with Crippen molar-refractivity contribution in [3.05, 3.63) is 47.5 Å². The molecule has 0 bridgehead atoms. The molecule has 3 N–H and O–H groups in total. The molecule has 4 amide bonds. The fourth-order valence-corrected chi connectivity index (χ4v) is 3.06. The molecule has 9 nitrogen and oxygen atoms in total. The van der Waals surface area contributed by atoms with E-state index in [-0.39, 0.29) is 19.0 Å². The molecule has 0 radical (unpaired) electrons. The number of nitrogens with zero attached hydrogens (tertiary/aromatic N) is 1. The minimum Gasteiger partial charge on any atom is -0.486 e. The third kappa shape index (κ3) is 6.45. The predicted octanol–water partition coefficient (Wildman–Crippen LogP) is 2.29. The number of hydrogen-bond acceptors (Lipinski definition) is 6. The van der Waals surface area contributed by atoms with Crippen LogP contribution in [-0.2, 0) is 9.59 Å². The number of benzene rings is 2. The summed E-state index contributed by atoms with van der Waals surface area (Å²) < 4.78 is 10.9. The Morgan fingerprint density at radius 1 is 0.903 bits per heavy atom. The lowest BCUT2D eigenvalue weighted by Crippen LogP contribution is -2.42. The topological polar surface area (TPSA) is 109 Å². The molecule has 31 heavy (non-hydrogen) atoms. The molecule has 1 aliphatic rings. The van der Waals surface area contributed by atoms with Gasteiger partial charge in [0.05, 0.1) is 13.1 Å². The number of carbonyl (C=O) groups is 3. The third-order valence-electron chi connectivity index (χ3n) is 4.55. The summed E-state index contributed by atoms with van der Waals surface area (Å²) in [6, 6.07) is 10.1. The van der Waals surface area contributed by atoms with Gasteiger partial charge in [-0.1, -0.05) is 12.1 Å². The van der Waals surface area contributed by atoms with Gasteiger partial charge < -0.3 is 20.1 Å². The average molecular weight is 426 g/mol. The van der Waals surface area contributed by atoms with Gasteiger partial charge in [0.2, 0.25) is 11.8 Å². The van der Waals surface area contributed by atoms with Crippen molar-refractivity contribution in [2.24, 2.45) is 0 Å². The van der Waals surface area contributed by atoms with E-state index in [4.69, 9.17) is 9.47 Å². The second-order valence-corrected chi connectivity index (χ2v) is 7.40. The molecule has 1 heterocycles. The number of likely N-dealkylation sites (N-methyl/N-ethyl adjacent to an activating group) is 1. The van der Waals surface area contributed by atoms with E-state index in [2.05, 4.69) is 16.0 Å². The highest BCUT2D eigenvalue weighted by atomic mass is 16.6. The Labute approximate surface area is 180 Å². The van der Waals surface area contributed by atoms with Crippen LogP contribution in [0.4, 0.5) is 16.2 Å². The summed E-state index contributed by atoms with van der Waals surface area (Å²) in [7, 11) is 1.63. The minimum absolute atomic E-state index is 0.00455. The fourth-order valence-electron chi connectivity index (χ4n) is 3.06. The number of hydrogen-bond donors (Lipinski definition) is 3. The zero-order valence-corrected chi connectivity index (χ0v) is 17.8. The number of amides is 4. The molecule has 0 saturated carbocycles. The van der Waals surface area contributed by atoms with Gasteiger partial charge >= 0.3 is 6.03 Å². The van der Waals surface area contributed by atoms with Crippen LogP contribution in [0, 0.1) is 13.8 Å². The van der Waals surface area contributed by atoms with E-state index in [1.165, 1.54) is 4.90 Å². The molecule has 9 heteroatoms. The molecule has 0 fully saturated rings. The summed E-state index contributed by atoms with van der Waals surface area (Å²) >= 11 is 0. The van der Waals surface area contributed by atoms with Gasteiger partial charge in [-0.25, -0.2) is 4.79 Å². The number of rotatable bonds is 6. The van der Waals surface area contributed by atoms with Crippen LogP contribution in [0.1, 0.15) is 11.1 Å². The maximum atomic E-state index is 12.3. The van der Waals surface area contributed by atoms with Gasteiger partial charge in [-0.15, -0.1) is 0 Å². The van der Waals surface area contributed by atoms with Crippen LogP contribution in [-0.4, -0.2) is 56.1 Å². The molecule has 0 spiro atoms. The SMILES string of the molecule is Cc1ccc(C)c(NC(=O)CN(C)CC(=O)NC(=O)Nc2ccc3c(c2)OCCO3)c1. The Kier molecular flexibility index (Phi) is 7.09. The van der Waals surface area contributed by atoms with E-state index in [1.54, 1.807) is 25.2 Å². The van der Waals surface area contributed by atoms with Crippen molar-refractivity contribution >= 4 is 29.2 Å². The molecule has 2 aromatic rings. The Morgan fingerprint density at radius 3 is 2.39 bits per heavy atom. The predicted molar refractivity (Wildman–Crippen MR) is 117 cm³/mol. The van der Waals surface area contributed by atoms with Crippen LogP contribution in [0.15, 0.2) is 36.4 Å². The Morgan fingerprint density at radius 2 is 1.61 bits per heavy atom. The van der Waals surface area contributed by atoms with Crippen molar-refractivity contribution in [1.82, 2.24) is 10.2 Å². The van der Waals surface area contributed by atoms with Gasteiger partial charge in [-0.3, -0.25) is 19.8 Å². The normalized spacial score (nSPS) is 12.3. The molecular weight excluding hydrogens is 400 g/mol. The number of nitrogens with one attached hydrogen (secondary N) is 3. The molecular formula is C22H26N4O5. The zero-order chi connectivity index (χ0) is 22.4. The van der Waals surface area contributed by atoms with E-state index in [1.807, 2.05) is 32.0 Å². The van der Waals surface area contributed by atoms with Gasteiger partial charge in [0.15, 0.2) is 11.5 Å². The van der Waals surface area contributed by atoms with Crippen molar-refractivity contribution in [2.75, 3.05) is 44.0 Å². The van der Waals surface area contributed by atoms with Gasteiger partial charge in [0.25, 0.3) is 0 Å². The van der Waals surface area contributed by atoms with Gasteiger partial charge in [-0.2, -0.15) is 0 Å². The second kappa shape index (κ2) is 9.94. The van der Waals surface area contributed by atoms with E-state index >= 15 is 0 Å². The molecule has 1 aliphatic heterocycles. The van der Waals surface area contributed by atoms with E-state index in [9.17, 15) is 14.4 Å². The summed E-state index contributed by atoms with van der Waals surface area (Å²) in [6.45, 7) is 4.66. The first kappa shape index (κ1) is 22.1. The first-order chi connectivity index (χ1) is 14.8.